The van der Waals surface area contributed by atoms with E-state index >= 15 is 0 Å². The molecule has 27 heavy (non-hydrogen) atoms. The smallest absolute Gasteiger partial charge is 0.387 e. The molecular weight excluding hydrogens is 358 g/mol. The summed E-state index contributed by atoms with van der Waals surface area (Å²) in [6, 6.07) is 11.8. The molecule has 0 radical (unpaired) electrons. The van der Waals surface area contributed by atoms with Crippen molar-refractivity contribution in [3.63, 3.8) is 0 Å². The van der Waals surface area contributed by atoms with Gasteiger partial charge in [0.1, 0.15) is 12.3 Å². The second-order valence-electron chi connectivity index (χ2n) is 5.98. The van der Waals surface area contributed by atoms with Crippen molar-refractivity contribution in [2.75, 3.05) is 6.54 Å². The van der Waals surface area contributed by atoms with Crippen molar-refractivity contribution in [1.82, 2.24) is 10.2 Å². The summed E-state index contributed by atoms with van der Waals surface area (Å²) in [5.74, 6) is -1.51. The molecule has 6 nitrogen and oxygen atoms in total. The number of nitrogens with zero attached hydrogens (tertiary/aromatic N) is 1. The zero-order valence-corrected chi connectivity index (χ0v) is 14.3. The quantitative estimate of drug-likeness (QED) is 0.789. The summed E-state index contributed by atoms with van der Waals surface area (Å²) in [4.78, 5) is 37.7. The van der Waals surface area contributed by atoms with Crippen molar-refractivity contribution >= 4 is 17.7 Å². The lowest BCUT2D eigenvalue weighted by Gasteiger charge is -2.18. The number of hydrogen-bond donors (Lipinski definition) is 1. The van der Waals surface area contributed by atoms with Crippen LogP contribution in [0.2, 0.25) is 0 Å². The highest BCUT2D eigenvalue weighted by Gasteiger charge is 2.36. The van der Waals surface area contributed by atoms with E-state index in [4.69, 9.17) is 0 Å². The van der Waals surface area contributed by atoms with E-state index in [1.165, 1.54) is 12.1 Å². The minimum atomic E-state index is -2.91. The third kappa shape index (κ3) is 3.94. The van der Waals surface area contributed by atoms with Crippen LogP contribution < -0.4 is 10.1 Å². The van der Waals surface area contributed by atoms with Gasteiger partial charge in [0.25, 0.3) is 11.8 Å². The molecule has 8 heteroatoms. The molecule has 1 aliphatic heterocycles. The zero-order valence-electron chi connectivity index (χ0n) is 14.3. The van der Waals surface area contributed by atoms with Gasteiger partial charge in [0.05, 0.1) is 17.2 Å². The number of carbonyl (C=O) groups excluding carboxylic acids is 3. The number of benzene rings is 2. The van der Waals surface area contributed by atoms with Crippen molar-refractivity contribution in [3.05, 3.63) is 65.2 Å². The molecule has 0 unspecified atom stereocenters. The number of fused-ring (bicyclic) bond motifs is 1. The molecule has 0 saturated heterocycles. The molecule has 1 N–H and O–H groups in total. The van der Waals surface area contributed by atoms with Crippen LogP contribution in [-0.2, 0) is 4.79 Å². The SMILES string of the molecule is C[C@H](NC(=O)CN1C(=O)c2ccccc2C1=O)c1ccc(OC(F)F)cc1. The molecule has 0 spiro atoms. The first-order chi connectivity index (χ1) is 12.9. The summed E-state index contributed by atoms with van der Waals surface area (Å²) in [6.07, 6.45) is 0. The Morgan fingerprint density at radius 2 is 1.59 bits per heavy atom. The van der Waals surface area contributed by atoms with E-state index in [-0.39, 0.29) is 16.9 Å². The minimum Gasteiger partial charge on any atom is -0.435 e. The third-order valence-electron chi connectivity index (χ3n) is 4.16. The maximum absolute atomic E-state index is 12.3. The average molecular weight is 374 g/mol. The first-order valence-corrected chi connectivity index (χ1v) is 8.16. The first kappa shape index (κ1) is 18.5. The van der Waals surface area contributed by atoms with Crippen molar-refractivity contribution in [3.8, 4) is 5.75 Å². The van der Waals surface area contributed by atoms with Crippen LogP contribution >= 0.6 is 0 Å². The van der Waals surface area contributed by atoms with E-state index in [0.29, 0.717) is 5.56 Å². The van der Waals surface area contributed by atoms with Crippen LogP contribution in [0.3, 0.4) is 0 Å². The first-order valence-electron chi connectivity index (χ1n) is 8.16. The van der Waals surface area contributed by atoms with Gasteiger partial charge in [-0.3, -0.25) is 19.3 Å². The second kappa shape index (κ2) is 7.53. The summed E-state index contributed by atoms with van der Waals surface area (Å²) in [6.45, 7) is -1.61. The lowest BCUT2D eigenvalue weighted by atomic mass is 10.1. The molecule has 1 heterocycles. The predicted molar refractivity (Wildman–Crippen MR) is 91.4 cm³/mol. The topological polar surface area (TPSA) is 75.7 Å². The number of ether oxygens (including phenoxy) is 1. The fraction of sp³-hybridized carbons (Fsp3) is 0.211. The van der Waals surface area contributed by atoms with Gasteiger partial charge in [-0.25, -0.2) is 0 Å². The van der Waals surface area contributed by atoms with Crippen LogP contribution in [0.1, 0.15) is 39.2 Å². The van der Waals surface area contributed by atoms with Gasteiger partial charge in [-0.1, -0.05) is 24.3 Å². The maximum atomic E-state index is 12.3. The van der Waals surface area contributed by atoms with Crippen LogP contribution in [0.25, 0.3) is 0 Å². The number of nitrogens with one attached hydrogen (secondary N) is 1. The minimum absolute atomic E-state index is 0.0123. The van der Waals surface area contributed by atoms with E-state index in [2.05, 4.69) is 10.1 Å². The number of alkyl halides is 2. The number of halogens is 2. The highest BCUT2D eigenvalue weighted by molar-refractivity contribution is 6.22. The summed E-state index contributed by atoms with van der Waals surface area (Å²) in [5.41, 5.74) is 1.21. The molecule has 0 fully saturated rings. The molecule has 2 aromatic carbocycles. The molecule has 0 aromatic heterocycles. The number of hydrogen-bond acceptors (Lipinski definition) is 4. The molecular formula is C19H16F2N2O4. The number of imide groups is 1. The fourth-order valence-corrected chi connectivity index (χ4v) is 2.83. The molecule has 0 aliphatic carbocycles. The van der Waals surface area contributed by atoms with Crippen molar-refractivity contribution in [2.45, 2.75) is 19.6 Å². The lowest BCUT2D eigenvalue weighted by molar-refractivity contribution is -0.122. The highest BCUT2D eigenvalue weighted by atomic mass is 19.3. The molecule has 3 amide bonds. The summed E-state index contributed by atoms with van der Waals surface area (Å²) < 4.78 is 28.6. The van der Waals surface area contributed by atoms with Gasteiger partial charge >= 0.3 is 6.61 Å². The van der Waals surface area contributed by atoms with Crippen LogP contribution in [-0.4, -0.2) is 35.8 Å². The number of rotatable bonds is 6. The maximum Gasteiger partial charge on any atom is 0.387 e. The van der Waals surface area contributed by atoms with Crippen molar-refractivity contribution in [1.29, 1.82) is 0 Å². The molecule has 3 rings (SSSR count). The zero-order chi connectivity index (χ0) is 19.6. The van der Waals surface area contributed by atoms with E-state index in [9.17, 15) is 23.2 Å². The van der Waals surface area contributed by atoms with Gasteiger partial charge in [-0.15, -0.1) is 0 Å². The van der Waals surface area contributed by atoms with E-state index < -0.39 is 36.9 Å². The van der Waals surface area contributed by atoms with Gasteiger partial charge in [0.15, 0.2) is 0 Å². The Morgan fingerprint density at radius 1 is 1.04 bits per heavy atom. The Labute approximate surface area is 153 Å². The van der Waals surface area contributed by atoms with Gasteiger partial charge in [-0.05, 0) is 36.8 Å². The Bertz CT molecular complexity index is 849. The standard InChI is InChI=1S/C19H16F2N2O4/c1-11(12-6-8-13(9-7-12)27-19(20)21)22-16(24)10-23-17(25)14-4-2-3-5-15(14)18(23)26/h2-9,11,19H,10H2,1H3,(H,22,24)/t11-/m0/s1. The van der Waals surface area contributed by atoms with Crippen molar-refractivity contribution in [2.24, 2.45) is 0 Å². The fourth-order valence-electron chi connectivity index (χ4n) is 2.83. The monoisotopic (exact) mass is 374 g/mol. The lowest BCUT2D eigenvalue weighted by Crippen LogP contribution is -2.41. The summed E-state index contributed by atoms with van der Waals surface area (Å²) in [7, 11) is 0. The molecule has 1 aliphatic rings. The number of amides is 3. The van der Waals surface area contributed by atoms with Gasteiger partial charge in [0, 0.05) is 0 Å². The molecule has 2 aromatic rings. The highest BCUT2D eigenvalue weighted by Crippen LogP contribution is 2.22. The largest absolute Gasteiger partial charge is 0.435 e. The van der Waals surface area contributed by atoms with Crippen LogP contribution in [0, 0.1) is 0 Å². The Kier molecular flexibility index (Phi) is 5.16. The van der Waals surface area contributed by atoms with Crippen LogP contribution in [0.4, 0.5) is 8.78 Å². The van der Waals surface area contributed by atoms with E-state index in [0.717, 1.165) is 4.90 Å². The molecule has 1 atom stereocenters. The molecule has 0 saturated carbocycles. The normalized spacial score (nSPS) is 14.3. The Balaban J connectivity index is 1.61. The van der Waals surface area contributed by atoms with Gasteiger partial charge in [0.2, 0.25) is 5.91 Å². The van der Waals surface area contributed by atoms with Gasteiger partial charge < -0.3 is 10.1 Å². The molecule has 0 bridgehead atoms. The average Bonchev–Trinajstić information content (AvgIpc) is 2.87. The Hall–Kier alpha value is -3.29. The van der Waals surface area contributed by atoms with Gasteiger partial charge in [-0.2, -0.15) is 8.78 Å². The second-order valence-corrected chi connectivity index (χ2v) is 5.98. The molecule has 140 valence electrons. The van der Waals surface area contributed by atoms with Crippen LogP contribution in [0.15, 0.2) is 48.5 Å². The number of carbonyl (C=O) groups is 3. The third-order valence-corrected chi connectivity index (χ3v) is 4.16. The summed E-state index contributed by atoms with van der Waals surface area (Å²) in [5, 5.41) is 2.68. The summed E-state index contributed by atoms with van der Waals surface area (Å²) >= 11 is 0. The Morgan fingerprint density at radius 3 is 2.11 bits per heavy atom. The van der Waals surface area contributed by atoms with E-state index in [1.54, 1.807) is 43.3 Å². The van der Waals surface area contributed by atoms with E-state index in [1.807, 2.05) is 0 Å². The predicted octanol–water partition coefficient (Wildman–Crippen LogP) is 2.76. The van der Waals surface area contributed by atoms with Crippen LogP contribution in [0.5, 0.6) is 5.75 Å². The van der Waals surface area contributed by atoms with Crippen molar-refractivity contribution < 1.29 is 27.9 Å².